The molecule has 151 valence electrons. The van der Waals surface area contributed by atoms with Crippen molar-refractivity contribution in [2.24, 2.45) is 11.1 Å². The third kappa shape index (κ3) is 4.87. The zero-order chi connectivity index (χ0) is 19.5. The largest absolute Gasteiger partial charge is 0.420 e. The van der Waals surface area contributed by atoms with E-state index in [2.05, 4.69) is 16.1 Å². The van der Waals surface area contributed by atoms with Crippen molar-refractivity contribution in [2.75, 3.05) is 13.1 Å². The van der Waals surface area contributed by atoms with Crippen molar-refractivity contribution in [3.63, 3.8) is 0 Å². The minimum absolute atomic E-state index is 0. The average molecular weight is 468 g/mol. The number of hydrogen-bond donors (Lipinski definition) is 1. The third-order valence-electron chi connectivity index (χ3n) is 6.03. The second kappa shape index (κ2) is 10.1. The minimum atomic E-state index is 0. The molecule has 1 aromatic carbocycles. The van der Waals surface area contributed by atoms with Crippen molar-refractivity contribution in [2.45, 2.75) is 52.1 Å². The predicted octanol–water partition coefficient (Wildman–Crippen LogP) is 2.78. The van der Waals surface area contributed by atoms with Gasteiger partial charge in [-0.1, -0.05) is 0 Å². The molecular formula is C22H27N4O2Y-. The van der Waals surface area contributed by atoms with E-state index >= 15 is 0 Å². The van der Waals surface area contributed by atoms with Gasteiger partial charge in [0.2, 0.25) is 0 Å². The van der Waals surface area contributed by atoms with Gasteiger partial charge >= 0.3 is 0 Å². The Morgan fingerprint density at radius 2 is 2.07 bits per heavy atom. The summed E-state index contributed by atoms with van der Waals surface area (Å²) in [4.78, 5) is 20.0. The van der Waals surface area contributed by atoms with E-state index in [1.54, 1.807) is 0 Å². The van der Waals surface area contributed by atoms with Gasteiger partial charge in [0.05, 0.1) is 5.56 Å². The Balaban J connectivity index is 0.00000240. The summed E-state index contributed by atoms with van der Waals surface area (Å²) in [5.74, 6) is 1.16. The molecule has 29 heavy (non-hydrogen) atoms. The van der Waals surface area contributed by atoms with Crippen LogP contribution in [0.1, 0.15) is 48.3 Å². The van der Waals surface area contributed by atoms with Gasteiger partial charge < -0.3 is 5.21 Å². The Morgan fingerprint density at radius 1 is 1.28 bits per heavy atom. The summed E-state index contributed by atoms with van der Waals surface area (Å²) in [6.07, 6.45) is 4.89. The molecule has 0 atom stereocenters. The van der Waals surface area contributed by atoms with E-state index in [1.807, 2.05) is 35.8 Å². The van der Waals surface area contributed by atoms with Crippen LogP contribution < -0.4 is 5.56 Å². The summed E-state index contributed by atoms with van der Waals surface area (Å²) in [5.41, 5.74) is 3.41. The molecule has 2 aliphatic rings. The van der Waals surface area contributed by atoms with Crippen molar-refractivity contribution in [1.29, 1.82) is 0 Å². The number of rotatable bonds is 4. The summed E-state index contributed by atoms with van der Waals surface area (Å²) >= 11 is 0. The molecule has 0 saturated carbocycles. The molecule has 0 spiro atoms. The van der Waals surface area contributed by atoms with E-state index in [4.69, 9.17) is 4.98 Å². The maximum Gasteiger partial charge on any atom is 0.258 e. The average Bonchev–Trinajstić information content (AvgIpc) is 2.73. The fourth-order valence-electron chi connectivity index (χ4n) is 4.41. The molecule has 0 aliphatic carbocycles. The van der Waals surface area contributed by atoms with E-state index in [0.29, 0.717) is 12.3 Å². The number of aryl methyl sites for hydroxylation is 2. The molecule has 4 rings (SSSR count). The fraction of sp³-hybridized carbons (Fsp3) is 0.500. The second-order valence-corrected chi connectivity index (χ2v) is 7.82. The van der Waals surface area contributed by atoms with Gasteiger partial charge in [0.15, 0.2) is 0 Å². The fourth-order valence-corrected chi connectivity index (χ4v) is 4.41. The molecule has 1 N–H and O–H groups in total. The molecule has 6 nitrogen and oxygen atoms in total. The van der Waals surface area contributed by atoms with Crippen LogP contribution in [0.2, 0.25) is 0 Å². The quantitative estimate of drug-likeness (QED) is 0.324. The summed E-state index contributed by atoms with van der Waals surface area (Å²) in [7, 11) is 0. The minimum Gasteiger partial charge on any atom is -0.420 e. The first-order chi connectivity index (χ1) is 13.7. The van der Waals surface area contributed by atoms with Crippen molar-refractivity contribution in [1.82, 2.24) is 14.5 Å². The molecule has 7 heteroatoms. The van der Waals surface area contributed by atoms with Gasteiger partial charge in [-0.2, -0.15) is 0 Å². The first kappa shape index (κ1) is 22.3. The Hall–Kier alpha value is -1.37. The smallest absolute Gasteiger partial charge is 0.258 e. The zero-order valence-electron chi connectivity index (χ0n) is 17.0. The van der Waals surface area contributed by atoms with Gasteiger partial charge in [0.1, 0.15) is 5.82 Å². The molecular weight excluding hydrogens is 441 g/mol. The van der Waals surface area contributed by atoms with E-state index in [-0.39, 0.29) is 44.2 Å². The maximum absolute atomic E-state index is 13.0. The number of benzene rings is 1. The van der Waals surface area contributed by atoms with Crippen LogP contribution in [0.25, 0.3) is 0 Å². The molecule has 2 aliphatic heterocycles. The van der Waals surface area contributed by atoms with Crippen LogP contribution in [-0.4, -0.2) is 38.5 Å². The number of fused-ring (bicyclic) bond motifs is 1. The number of nitrogens with zero attached hydrogens (tertiary/aromatic N) is 4. The van der Waals surface area contributed by atoms with Gasteiger partial charge in [-0.15, -0.1) is 41.1 Å². The number of aromatic nitrogens is 2. The molecule has 0 unspecified atom stereocenters. The molecule has 2 aromatic rings. The first-order valence-corrected chi connectivity index (χ1v) is 10.2. The summed E-state index contributed by atoms with van der Waals surface area (Å²) in [6.45, 7) is 5.14. The van der Waals surface area contributed by atoms with E-state index in [1.165, 1.54) is 0 Å². The number of likely N-dealkylation sites (tertiary alicyclic amines) is 1. The Kier molecular flexibility index (Phi) is 7.77. The van der Waals surface area contributed by atoms with Crippen molar-refractivity contribution >= 4 is 5.71 Å². The van der Waals surface area contributed by atoms with Gasteiger partial charge in [-0.3, -0.25) is 14.3 Å². The molecule has 1 fully saturated rings. The van der Waals surface area contributed by atoms with Crippen molar-refractivity contribution < 1.29 is 37.9 Å². The number of oxime groups is 1. The standard InChI is InChI=1S/C22H27N4O2.Y/c1-16-19(22(27)26-12-6-5-9-20(26)23-16)15-25-13-10-18(11-14-25)21(24-28)17-7-3-2-4-8-17;/h2-4,7,18,28H,5-6,9-15H2,1H3;/q-1;/b24-21+;. The van der Waals surface area contributed by atoms with E-state index < -0.39 is 0 Å². The third-order valence-corrected chi connectivity index (χ3v) is 6.03. The summed E-state index contributed by atoms with van der Waals surface area (Å²) in [5, 5.41) is 13.1. The molecule has 1 radical (unpaired) electrons. The molecule has 3 heterocycles. The van der Waals surface area contributed by atoms with Crippen LogP contribution in [0.5, 0.6) is 0 Å². The first-order valence-electron chi connectivity index (χ1n) is 10.2. The summed E-state index contributed by atoms with van der Waals surface area (Å²) < 4.78 is 1.88. The molecule has 0 bridgehead atoms. The normalized spacial score (nSPS) is 18.2. The van der Waals surface area contributed by atoms with E-state index in [0.717, 1.165) is 74.4 Å². The van der Waals surface area contributed by atoms with Crippen molar-refractivity contribution in [3.8, 4) is 0 Å². The maximum atomic E-state index is 13.0. The molecule has 1 saturated heterocycles. The van der Waals surface area contributed by atoms with Crippen LogP contribution >= 0.6 is 0 Å². The SMILES string of the molecule is Cc1nc2n(c(=O)c1CN1CCC(/C(=N/O)c3[c-]cccc3)CC1)CCCC2.[Y]. The predicted molar refractivity (Wildman–Crippen MR) is 108 cm³/mol. The Morgan fingerprint density at radius 3 is 2.76 bits per heavy atom. The number of piperidine rings is 1. The van der Waals surface area contributed by atoms with Gasteiger partial charge in [0.25, 0.3) is 5.56 Å². The Labute approximate surface area is 196 Å². The second-order valence-electron chi connectivity index (χ2n) is 7.82. The summed E-state index contributed by atoms with van der Waals surface area (Å²) in [6, 6.07) is 10.8. The van der Waals surface area contributed by atoms with E-state index in [9.17, 15) is 10.0 Å². The van der Waals surface area contributed by atoms with Gasteiger partial charge in [0, 0.05) is 63.6 Å². The Bertz CT molecular complexity index is 918. The van der Waals surface area contributed by atoms with Gasteiger partial charge in [-0.05, 0) is 51.6 Å². The number of hydrogen-bond acceptors (Lipinski definition) is 5. The van der Waals surface area contributed by atoms with Crippen molar-refractivity contribution in [3.05, 3.63) is 63.3 Å². The van der Waals surface area contributed by atoms with Crippen LogP contribution in [0.3, 0.4) is 0 Å². The van der Waals surface area contributed by atoms with Crippen LogP contribution in [0, 0.1) is 18.9 Å². The van der Waals surface area contributed by atoms with Crippen LogP contribution in [-0.2, 0) is 52.2 Å². The molecule has 0 amide bonds. The molecule has 1 aromatic heterocycles. The van der Waals surface area contributed by atoms with Gasteiger partial charge in [-0.25, -0.2) is 4.98 Å². The topological polar surface area (TPSA) is 70.7 Å². The monoisotopic (exact) mass is 468 g/mol. The van der Waals surface area contributed by atoms with Crippen LogP contribution in [0.4, 0.5) is 0 Å². The zero-order valence-corrected chi connectivity index (χ0v) is 19.8. The van der Waals surface area contributed by atoms with Crippen LogP contribution in [0.15, 0.2) is 34.2 Å².